The van der Waals surface area contributed by atoms with Crippen LogP contribution in [-0.2, 0) is 14.3 Å². The molecule has 2 atom stereocenters. The summed E-state index contributed by atoms with van der Waals surface area (Å²) in [5.74, 6) is 0.110. The summed E-state index contributed by atoms with van der Waals surface area (Å²) in [6, 6.07) is 0.219. The molecule has 1 N–H and O–H groups in total. The lowest BCUT2D eigenvalue weighted by Gasteiger charge is -2.26. The first-order chi connectivity index (χ1) is 7.66. The van der Waals surface area contributed by atoms with Crippen LogP contribution in [0.2, 0.25) is 0 Å². The molecule has 0 bridgehead atoms. The van der Waals surface area contributed by atoms with Gasteiger partial charge >= 0.3 is 0 Å². The maximum absolute atomic E-state index is 11.8. The maximum Gasteiger partial charge on any atom is 0.236 e. The molecular weight excluding hydrogens is 208 g/mol. The third-order valence-electron chi connectivity index (χ3n) is 2.99. The van der Waals surface area contributed by atoms with Crippen LogP contribution in [0.1, 0.15) is 13.3 Å². The van der Waals surface area contributed by atoms with Crippen LogP contribution in [0.3, 0.4) is 0 Å². The summed E-state index contributed by atoms with van der Waals surface area (Å²) in [5, 5.41) is 3.05. The fourth-order valence-corrected chi connectivity index (χ4v) is 1.91. The molecule has 94 valence electrons. The topological polar surface area (TPSA) is 50.8 Å². The molecule has 1 saturated heterocycles. The predicted octanol–water partition coefficient (Wildman–Crippen LogP) is -0.142. The molecule has 0 aromatic heterocycles. The van der Waals surface area contributed by atoms with Crippen LogP contribution in [-0.4, -0.2) is 63.4 Å². The predicted molar refractivity (Wildman–Crippen MR) is 61.3 cm³/mol. The van der Waals surface area contributed by atoms with Crippen LogP contribution in [0.5, 0.6) is 0 Å². The highest BCUT2D eigenvalue weighted by atomic mass is 16.5. The van der Waals surface area contributed by atoms with Gasteiger partial charge in [-0.2, -0.15) is 0 Å². The van der Waals surface area contributed by atoms with Crippen LogP contribution < -0.4 is 5.32 Å². The molecule has 5 nitrogen and oxygen atoms in total. The normalized spacial score (nSPS) is 24.7. The van der Waals surface area contributed by atoms with Crippen molar-refractivity contribution in [3.8, 4) is 0 Å². The zero-order valence-corrected chi connectivity index (χ0v) is 10.4. The number of carbonyl (C=O) groups is 1. The van der Waals surface area contributed by atoms with Gasteiger partial charge in [-0.1, -0.05) is 0 Å². The number of rotatable bonds is 6. The average Bonchev–Trinajstić information content (AvgIpc) is 2.69. The van der Waals surface area contributed by atoms with Gasteiger partial charge in [-0.3, -0.25) is 4.79 Å². The van der Waals surface area contributed by atoms with E-state index in [1.54, 1.807) is 12.0 Å². The van der Waals surface area contributed by atoms with Crippen molar-refractivity contribution in [3.63, 3.8) is 0 Å². The Hall–Kier alpha value is -0.650. The third kappa shape index (κ3) is 3.73. The van der Waals surface area contributed by atoms with Gasteiger partial charge in [0.05, 0.1) is 25.3 Å². The summed E-state index contributed by atoms with van der Waals surface area (Å²) < 4.78 is 10.3. The zero-order valence-electron chi connectivity index (χ0n) is 10.4. The van der Waals surface area contributed by atoms with E-state index >= 15 is 0 Å². The molecule has 1 aliphatic rings. The van der Waals surface area contributed by atoms with Gasteiger partial charge < -0.3 is 19.7 Å². The Morgan fingerprint density at radius 3 is 2.94 bits per heavy atom. The minimum atomic E-state index is 0.110. The van der Waals surface area contributed by atoms with E-state index < -0.39 is 0 Å². The number of hydrogen-bond donors (Lipinski definition) is 1. The van der Waals surface area contributed by atoms with Crippen molar-refractivity contribution in [2.24, 2.45) is 0 Å². The lowest BCUT2D eigenvalue weighted by atomic mass is 10.1. The molecule has 1 heterocycles. The average molecular weight is 230 g/mol. The van der Waals surface area contributed by atoms with E-state index in [2.05, 4.69) is 5.32 Å². The van der Waals surface area contributed by atoms with Gasteiger partial charge in [-0.05, 0) is 13.3 Å². The van der Waals surface area contributed by atoms with E-state index in [-0.39, 0.29) is 18.1 Å². The number of nitrogens with one attached hydrogen (secondary N) is 1. The van der Waals surface area contributed by atoms with Crippen molar-refractivity contribution in [3.05, 3.63) is 0 Å². The molecule has 0 aromatic rings. The van der Waals surface area contributed by atoms with E-state index in [9.17, 15) is 4.79 Å². The first-order valence-electron chi connectivity index (χ1n) is 5.73. The van der Waals surface area contributed by atoms with Gasteiger partial charge in [0.15, 0.2) is 0 Å². The summed E-state index contributed by atoms with van der Waals surface area (Å²) in [4.78, 5) is 13.6. The van der Waals surface area contributed by atoms with Crippen molar-refractivity contribution in [1.29, 1.82) is 0 Å². The number of ether oxygens (including phenoxy) is 2. The summed E-state index contributed by atoms with van der Waals surface area (Å²) in [7, 11) is 3.49. The molecule has 5 heteroatoms. The Balaban J connectivity index is 2.24. The molecule has 1 fully saturated rings. The second-order valence-electron chi connectivity index (χ2n) is 4.11. The molecule has 16 heavy (non-hydrogen) atoms. The van der Waals surface area contributed by atoms with Crippen LogP contribution in [0.15, 0.2) is 0 Å². The number of methoxy groups -OCH3 is 1. The lowest BCUT2D eigenvalue weighted by Crippen LogP contribution is -2.45. The van der Waals surface area contributed by atoms with E-state index in [1.807, 2.05) is 14.0 Å². The highest BCUT2D eigenvalue weighted by Crippen LogP contribution is 2.17. The van der Waals surface area contributed by atoms with Gasteiger partial charge in [0, 0.05) is 27.3 Å². The Bertz CT molecular complexity index is 223. The van der Waals surface area contributed by atoms with E-state index in [1.165, 1.54) is 0 Å². The van der Waals surface area contributed by atoms with Crippen LogP contribution in [0, 0.1) is 0 Å². The summed E-state index contributed by atoms with van der Waals surface area (Å²) in [6.07, 6.45) is 1.08. The molecule has 1 aliphatic heterocycles. The molecule has 0 radical (unpaired) electrons. The standard InChI is InChI=1S/C11H22N2O3/c1-9-10(4-6-16-9)13(2)11(14)8-12-5-7-15-3/h9-10,12H,4-8H2,1-3H3. The Morgan fingerprint density at radius 1 is 1.62 bits per heavy atom. The van der Waals surface area contributed by atoms with Crippen molar-refractivity contribution >= 4 is 5.91 Å². The highest BCUT2D eigenvalue weighted by molar-refractivity contribution is 5.78. The number of amides is 1. The van der Waals surface area contributed by atoms with Crippen LogP contribution in [0.4, 0.5) is 0 Å². The summed E-state index contributed by atoms with van der Waals surface area (Å²) >= 11 is 0. The smallest absolute Gasteiger partial charge is 0.236 e. The third-order valence-corrected chi connectivity index (χ3v) is 2.99. The quantitative estimate of drug-likeness (QED) is 0.645. The second-order valence-corrected chi connectivity index (χ2v) is 4.11. The number of likely N-dealkylation sites (N-methyl/N-ethyl adjacent to an activating group) is 1. The maximum atomic E-state index is 11.8. The molecule has 0 spiro atoms. The Labute approximate surface area is 97.1 Å². The number of hydrogen-bond acceptors (Lipinski definition) is 4. The molecule has 0 saturated carbocycles. The van der Waals surface area contributed by atoms with Gasteiger partial charge in [0.2, 0.25) is 5.91 Å². The van der Waals surface area contributed by atoms with E-state index in [0.717, 1.165) is 13.0 Å². The highest BCUT2D eigenvalue weighted by Gasteiger charge is 2.30. The van der Waals surface area contributed by atoms with E-state index in [0.29, 0.717) is 19.7 Å². The van der Waals surface area contributed by atoms with Crippen molar-refractivity contribution < 1.29 is 14.3 Å². The summed E-state index contributed by atoms with van der Waals surface area (Å²) in [6.45, 7) is 4.45. The number of nitrogens with zero attached hydrogens (tertiary/aromatic N) is 1. The summed E-state index contributed by atoms with van der Waals surface area (Å²) in [5.41, 5.74) is 0. The van der Waals surface area contributed by atoms with Gasteiger partial charge in [0.1, 0.15) is 0 Å². The zero-order chi connectivity index (χ0) is 12.0. The van der Waals surface area contributed by atoms with Crippen LogP contribution >= 0.6 is 0 Å². The van der Waals surface area contributed by atoms with E-state index in [4.69, 9.17) is 9.47 Å². The first kappa shape index (κ1) is 13.4. The molecule has 0 aromatic carbocycles. The molecular formula is C11H22N2O3. The minimum absolute atomic E-state index is 0.110. The second kappa shape index (κ2) is 6.83. The van der Waals surface area contributed by atoms with Crippen molar-refractivity contribution in [1.82, 2.24) is 10.2 Å². The first-order valence-corrected chi connectivity index (χ1v) is 5.73. The van der Waals surface area contributed by atoms with Crippen LogP contribution in [0.25, 0.3) is 0 Å². The van der Waals surface area contributed by atoms with Gasteiger partial charge in [0.25, 0.3) is 0 Å². The lowest BCUT2D eigenvalue weighted by molar-refractivity contribution is -0.131. The Morgan fingerprint density at radius 2 is 2.38 bits per heavy atom. The largest absolute Gasteiger partial charge is 0.383 e. The fraction of sp³-hybridized carbons (Fsp3) is 0.909. The van der Waals surface area contributed by atoms with Gasteiger partial charge in [-0.25, -0.2) is 0 Å². The molecule has 2 unspecified atom stereocenters. The van der Waals surface area contributed by atoms with Crippen molar-refractivity contribution in [2.45, 2.75) is 25.5 Å². The van der Waals surface area contributed by atoms with Gasteiger partial charge in [-0.15, -0.1) is 0 Å². The van der Waals surface area contributed by atoms with Crippen molar-refractivity contribution in [2.75, 3.05) is 40.5 Å². The SMILES string of the molecule is COCCNCC(=O)N(C)C1CCOC1C. The molecule has 0 aliphatic carbocycles. The number of carbonyl (C=O) groups excluding carboxylic acids is 1. The minimum Gasteiger partial charge on any atom is -0.383 e. The monoisotopic (exact) mass is 230 g/mol. The fourth-order valence-electron chi connectivity index (χ4n) is 1.91. The molecule has 1 amide bonds. The Kier molecular flexibility index (Phi) is 5.73. The molecule has 1 rings (SSSR count).